The van der Waals surface area contributed by atoms with Gasteiger partial charge in [0.15, 0.2) is 0 Å². The fraction of sp³-hybridized carbons (Fsp3) is 0.600. The molecule has 0 atom stereocenters. The summed E-state index contributed by atoms with van der Waals surface area (Å²) in [5.74, 6) is 0.224. The number of rotatable bonds is 10. The summed E-state index contributed by atoms with van der Waals surface area (Å²) in [4.78, 5) is 15.9. The number of carbonyl (C=O) groups is 1. The van der Waals surface area contributed by atoms with Gasteiger partial charge < -0.3 is 14.8 Å². The molecule has 0 amide bonds. The first kappa shape index (κ1) is 16.4. The van der Waals surface area contributed by atoms with Crippen LogP contribution < -0.4 is 5.32 Å². The van der Waals surface area contributed by atoms with Crippen LogP contribution in [0.3, 0.4) is 0 Å². The van der Waals surface area contributed by atoms with Crippen molar-refractivity contribution in [3.63, 3.8) is 0 Å². The second-order valence-electron chi connectivity index (χ2n) is 4.37. The van der Waals surface area contributed by atoms with Gasteiger partial charge in [-0.15, -0.1) is 0 Å². The molecule has 1 aromatic rings. The average Bonchev–Trinajstić information content (AvgIpc) is 2.47. The van der Waals surface area contributed by atoms with E-state index in [9.17, 15) is 4.79 Å². The molecule has 0 saturated carbocycles. The van der Waals surface area contributed by atoms with E-state index in [4.69, 9.17) is 9.47 Å². The van der Waals surface area contributed by atoms with E-state index in [0.29, 0.717) is 24.6 Å². The Labute approximate surface area is 120 Å². The minimum atomic E-state index is -0.345. The lowest BCUT2D eigenvalue weighted by Crippen LogP contribution is -2.13. The van der Waals surface area contributed by atoms with Crippen LogP contribution in [0.2, 0.25) is 0 Å². The van der Waals surface area contributed by atoms with Crippen LogP contribution in [0.5, 0.6) is 0 Å². The summed E-state index contributed by atoms with van der Waals surface area (Å²) in [5.41, 5.74) is 0.473. The molecule has 112 valence electrons. The number of anilines is 1. The molecule has 20 heavy (non-hydrogen) atoms. The summed E-state index contributed by atoms with van der Waals surface area (Å²) >= 11 is 0. The summed E-state index contributed by atoms with van der Waals surface area (Å²) in [6.45, 7) is 6.54. The van der Waals surface area contributed by atoms with Crippen molar-refractivity contribution in [3.05, 3.63) is 23.9 Å². The van der Waals surface area contributed by atoms with Crippen LogP contribution in [0.4, 0.5) is 5.82 Å². The van der Waals surface area contributed by atoms with Crippen molar-refractivity contribution >= 4 is 11.8 Å². The number of unbranched alkanes of at least 4 members (excludes halogenated alkanes) is 1. The molecule has 1 rings (SSSR count). The van der Waals surface area contributed by atoms with Crippen LogP contribution in [0.15, 0.2) is 18.3 Å². The number of ether oxygens (including phenoxy) is 2. The lowest BCUT2D eigenvalue weighted by molar-refractivity contribution is 0.0527. The second-order valence-corrected chi connectivity index (χ2v) is 4.37. The first-order valence-corrected chi connectivity index (χ1v) is 7.23. The first-order valence-electron chi connectivity index (χ1n) is 7.23. The third kappa shape index (κ3) is 6.02. The molecular formula is C15H24N2O3. The van der Waals surface area contributed by atoms with E-state index in [-0.39, 0.29) is 5.97 Å². The standard InChI is InChI=1S/C15H24N2O3/c1-3-5-11-19-12-7-10-17-14-13(8-6-9-16-14)15(18)20-4-2/h6,8-9H,3-5,7,10-12H2,1-2H3,(H,16,17). The highest BCUT2D eigenvalue weighted by Gasteiger charge is 2.12. The van der Waals surface area contributed by atoms with Gasteiger partial charge in [0.2, 0.25) is 0 Å². The molecule has 0 aromatic carbocycles. The average molecular weight is 280 g/mol. The molecular weight excluding hydrogens is 256 g/mol. The number of pyridine rings is 1. The van der Waals surface area contributed by atoms with E-state index in [2.05, 4.69) is 17.2 Å². The third-order valence-electron chi connectivity index (χ3n) is 2.70. The van der Waals surface area contributed by atoms with Gasteiger partial charge in [0.05, 0.1) is 6.61 Å². The molecule has 0 aliphatic carbocycles. The zero-order valence-electron chi connectivity index (χ0n) is 12.4. The van der Waals surface area contributed by atoms with Crippen molar-refractivity contribution in [1.29, 1.82) is 0 Å². The maximum Gasteiger partial charge on any atom is 0.341 e. The molecule has 0 aliphatic rings. The van der Waals surface area contributed by atoms with Gasteiger partial charge in [-0.1, -0.05) is 13.3 Å². The maximum atomic E-state index is 11.7. The largest absolute Gasteiger partial charge is 0.462 e. The lowest BCUT2D eigenvalue weighted by Gasteiger charge is -2.10. The van der Waals surface area contributed by atoms with Crippen LogP contribution >= 0.6 is 0 Å². The van der Waals surface area contributed by atoms with Crippen LogP contribution in [-0.4, -0.2) is 37.3 Å². The molecule has 5 heteroatoms. The highest BCUT2D eigenvalue weighted by Crippen LogP contribution is 2.12. The minimum absolute atomic E-state index is 0.345. The fourth-order valence-electron chi connectivity index (χ4n) is 1.65. The molecule has 0 saturated heterocycles. The Morgan fingerprint density at radius 2 is 2.10 bits per heavy atom. The Morgan fingerprint density at radius 1 is 1.30 bits per heavy atom. The van der Waals surface area contributed by atoms with Crippen molar-refractivity contribution in [3.8, 4) is 0 Å². The number of nitrogens with zero attached hydrogens (tertiary/aromatic N) is 1. The topological polar surface area (TPSA) is 60.5 Å². The number of esters is 1. The molecule has 0 spiro atoms. The van der Waals surface area contributed by atoms with Gasteiger partial charge in [-0.2, -0.15) is 0 Å². The number of aromatic nitrogens is 1. The van der Waals surface area contributed by atoms with E-state index in [1.165, 1.54) is 0 Å². The van der Waals surface area contributed by atoms with Gasteiger partial charge in [0.25, 0.3) is 0 Å². The van der Waals surface area contributed by atoms with Gasteiger partial charge in [-0.25, -0.2) is 9.78 Å². The van der Waals surface area contributed by atoms with Gasteiger partial charge in [-0.3, -0.25) is 0 Å². The maximum absolute atomic E-state index is 11.7. The SMILES string of the molecule is CCCCOCCCNc1ncccc1C(=O)OCC. The van der Waals surface area contributed by atoms with E-state index in [1.807, 2.05) is 0 Å². The first-order chi connectivity index (χ1) is 9.79. The predicted octanol–water partition coefficient (Wildman–Crippen LogP) is 2.88. The zero-order chi connectivity index (χ0) is 14.6. The monoisotopic (exact) mass is 280 g/mol. The summed E-state index contributed by atoms with van der Waals surface area (Å²) in [6, 6.07) is 3.44. The van der Waals surface area contributed by atoms with Crippen molar-refractivity contribution < 1.29 is 14.3 Å². The Morgan fingerprint density at radius 3 is 2.85 bits per heavy atom. The molecule has 0 unspecified atom stereocenters. The predicted molar refractivity (Wildman–Crippen MR) is 79.0 cm³/mol. The van der Waals surface area contributed by atoms with E-state index in [1.54, 1.807) is 25.3 Å². The summed E-state index contributed by atoms with van der Waals surface area (Å²) in [6.07, 6.45) is 4.78. The molecule has 1 heterocycles. The Bertz CT molecular complexity index is 396. The smallest absolute Gasteiger partial charge is 0.341 e. The van der Waals surface area contributed by atoms with Crippen molar-refractivity contribution in [2.75, 3.05) is 31.7 Å². The molecule has 1 N–H and O–H groups in total. The molecule has 0 fully saturated rings. The Balaban J connectivity index is 2.34. The molecule has 0 bridgehead atoms. The Kier molecular flexibility index (Phi) is 8.38. The van der Waals surface area contributed by atoms with E-state index in [0.717, 1.165) is 32.4 Å². The quantitative estimate of drug-likeness (QED) is 0.527. The van der Waals surface area contributed by atoms with Crippen molar-refractivity contribution in [2.45, 2.75) is 33.1 Å². The van der Waals surface area contributed by atoms with Gasteiger partial charge in [-0.05, 0) is 31.9 Å². The molecule has 5 nitrogen and oxygen atoms in total. The van der Waals surface area contributed by atoms with Crippen LogP contribution in [-0.2, 0) is 9.47 Å². The van der Waals surface area contributed by atoms with Crippen molar-refractivity contribution in [1.82, 2.24) is 4.98 Å². The second kappa shape index (κ2) is 10.2. The lowest BCUT2D eigenvalue weighted by atomic mass is 10.2. The van der Waals surface area contributed by atoms with E-state index < -0.39 is 0 Å². The molecule has 0 radical (unpaired) electrons. The molecule has 1 aromatic heterocycles. The number of carbonyl (C=O) groups excluding carboxylic acids is 1. The zero-order valence-corrected chi connectivity index (χ0v) is 12.4. The number of hydrogen-bond donors (Lipinski definition) is 1. The Hall–Kier alpha value is -1.62. The van der Waals surface area contributed by atoms with E-state index >= 15 is 0 Å². The number of nitrogens with one attached hydrogen (secondary N) is 1. The van der Waals surface area contributed by atoms with Crippen molar-refractivity contribution in [2.24, 2.45) is 0 Å². The fourth-order valence-corrected chi connectivity index (χ4v) is 1.65. The normalized spacial score (nSPS) is 10.3. The van der Waals surface area contributed by atoms with Gasteiger partial charge in [0, 0.05) is 26.0 Å². The summed E-state index contributed by atoms with van der Waals surface area (Å²) in [5, 5.41) is 3.15. The van der Waals surface area contributed by atoms with Gasteiger partial charge in [0.1, 0.15) is 11.4 Å². The minimum Gasteiger partial charge on any atom is -0.462 e. The summed E-state index contributed by atoms with van der Waals surface area (Å²) in [7, 11) is 0. The summed E-state index contributed by atoms with van der Waals surface area (Å²) < 4.78 is 10.5. The highest BCUT2D eigenvalue weighted by atomic mass is 16.5. The van der Waals surface area contributed by atoms with Crippen LogP contribution in [0, 0.1) is 0 Å². The number of hydrogen-bond acceptors (Lipinski definition) is 5. The third-order valence-corrected chi connectivity index (χ3v) is 2.70. The van der Waals surface area contributed by atoms with Crippen LogP contribution in [0.1, 0.15) is 43.5 Å². The van der Waals surface area contributed by atoms with Gasteiger partial charge >= 0.3 is 5.97 Å². The van der Waals surface area contributed by atoms with Crippen LogP contribution in [0.25, 0.3) is 0 Å². The molecule has 0 aliphatic heterocycles. The highest BCUT2D eigenvalue weighted by molar-refractivity contribution is 5.94.